The smallest absolute Gasteiger partial charge is 0.294 e. The highest BCUT2D eigenvalue weighted by Crippen LogP contribution is 2.31. The first-order chi connectivity index (χ1) is 16.1. The lowest BCUT2D eigenvalue weighted by Gasteiger charge is -2.26. The van der Waals surface area contributed by atoms with E-state index >= 15 is 0 Å². The quantitative estimate of drug-likeness (QED) is 0.356. The fraction of sp³-hybridized carbons (Fsp3) is 0.136. The number of aromatic amines is 1. The number of rotatable bonds is 6. The third-order valence-corrected chi connectivity index (χ3v) is 5.33. The number of hydrogen-bond acceptors (Lipinski definition) is 4. The van der Waals surface area contributed by atoms with Gasteiger partial charge in [0, 0.05) is 18.0 Å². The molecule has 1 amide bonds. The van der Waals surface area contributed by atoms with Crippen molar-refractivity contribution >= 4 is 23.2 Å². The molecule has 2 aromatic carbocycles. The van der Waals surface area contributed by atoms with Crippen molar-refractivity contribution in [1.82, 2.24) is 19.7 Å². The molecule has 0 radical (unpaired) electrons. The van der Waals surface area contributed by atoms with Crippen LogP contribution in [0.4, 0.5) is 17.6 Å². The summed E-state index contributed by atoms with van der Waals surface area (Å²) in [5, 5.41) is 11.1. The van der Waals surface area contributed by atoms with Crippen molar-refractivity contribution in [3.63, 3.8) is 0 Å². The van der Waals surface area contributed by atoms with Gasteiger partial charge in [0.25, 0.3) is 17.4 Å². The van der Waals surface area contributed by atoms with Crippen LogP contribution in [-0.2, 0) is 0 Å². The number of halogens is 5. The van der Waals surface area contributed by atoms with Crippen LogP contribution in [-0.4, -0.2) is 37.9 Å². The van der Waals surface area contributed by atoms with Crippen LogP contribution in [0.2, 0.25) is 5.02 Å². The summed E-state index contributed by atoms with van der Waals surface area (Å²) < 4.78 is 56.9. The third-order valence-electron chi connectivity index (χ3n) is 5.03. The SMILES string of the molecule is O=C(N[C@@H](c1ccc(F)cc1)C(F)(F)CO)c1cn2cc(-c3ccc(Cl)c(F)c3)[nH]c(=O)c2n1. The molecule has 4 rings (SSSR count). The summed E-state index contributed by atoms with van der Waals surface area (Å²) in [7, 11) is 0. The van der Waals surface area contributed by atoms with Crippen molar-refractivity contribution in [2.75, 3.05) is 6.61 Å². The van der Waals surface area contributed by atoms with E-state index in [0.717, 1.165) is 36.5 Å². The van der Waals surface area contributed by atoms with Crippen LogP contribution in [0.15, 0.2) is 59.7 Å². The number of aliphatic hydroxyl groups excluding tert-OH is 1. The van der Waals surface area contributed by atoms with Gasteiger partial charge in [0.2, 0.25) is 5.65 Å². The van der Waals surface area contributed by atoms with E-state index in [4.69, 9.17) is 16.7 Å². The Balaban J connectivity index is 1.69. The first-order valence-electron chi connectivity index (χ1n) is 9.71. The fourth-order valence-corrected chi connectivity index (χ4v) is 3.43. The van der Waals surface area contributed by atoms with Crippen molar-refractivity contribution in [3.05, 3.63) is 93.1 Å². The highest BCUT2D eigenvalue weighted by Gasteiger charge is 2.41. The number of nitrogens with one attached hydrogen (secondary N) is 2. The minimum absolute atomic E-state index is 0.107. The van der Waals surface area contributed by atoms with E-state index < -0.39 is 41.7 Å². The Hall–Kier alpha value is -3.70. The minimum atomic E-state index is -3.78. The first-order valence-corrected chi connectivity index (χ1v) is 10.1. The van der Waals surface area contributed by atoms with Crippen LogP contribution in [0.3, 0.4) is 0 Å². The molecular weight excluding hydrogens is 480 g/mol. The number of aliphatic hydroxyl groups is 1. The number of H-pyrrole nitrogens is 1. The van der Waals surface area contributed by atoms with Gasteiger partial charge >= 0.3 is 0 Å². The maximum absolute atomic E-state index is 14.4. The molecule has 7 nitrogen and oxygen atoms in total. The van der Waals surface area contributed by atoms with Gasteiger partial charge in [-0.1, -0.05) is 29.8 Å². The Morgan fingerprint density at radius 3 is 2.53 bits per heavy atom. The summed E-state index contributed by atoms with van der Waals surface area (Å²) in [5.41, 5.74) is -0.973. The highest BCUT2D eigenvalue weighted by molar-refractivity contribution is 6.30. The van der Waals surface area contributed by atoms with Crippen LogP contribution < -0.4 is 10.9 Å². The predicted octanol–water partition coefficient (Wildman–Crippen LogP) is 3.72. The lowest BCUT2D eigenvalue weighted by atomic mass is 10.0. The molecule has 0 fully saturated rings. The molecule has 2 heterocycles. The molecule has 0 saturated carbocycles. The summed E-state index contributed by atoms with van der Waals surface area (Å²) in [5.74, 6) is -6.22. The summed E-state index contributed by atoms with van der Waals surface area (Å²) in [6.45, 7) is -1.58. The van der Waals surface area contributed by atoms with E-state index in [1.807, 2.05) is 0 Å². The molecule has 176 valence electrons. The normalized spacial score (nSPS) is 12.6. The van der Waals surface area contributed by atoms with Gasteiger partial charge < -0.3 is 15.4 Å². The van der Waals surface area contributed by atoms with E-state index in [1.54, 1.807) is 0 Å². The molecule has 0 aliphatic rings. The molecule has 0 unspecified atom stereocenters. The number of benzene rings is 2. The van der Waals surface area contributed by atoms with Gasteiger partial charge in [-0.25, -0.2) is 22.5 Å². The van der Waals surface area contributed by atoms with E-state index in [0.29, 0.717) is 5.56 Å². The maximum atomic E-state index is 14.4. The number of carbonyl (C=O) groups excluding carboxylic acids is 1. The van der Waals surface area contributed by atoms with Gasteiger partial charge in [-0.3, -0.25) is 14.0 Å². The second-order valence-electron chi connectivity index (χ2n) is 7.36. The molecule has 34 heavy (non-hydrogen) atoms. The molecular formula is C22H15ClF4N4O3. The molecule has 12 heteroatoms. The number of imidazole rings is 1. The highest BCUT2D eigenvalue weighted by atomic mass is 35.5. The van der Waals surface area contributed by atoms with Crippen LogP contribution in [0.5, 0.6) is 0 Å². The molecule has 0 saturated heterocycles. The third kappa shape index (κ3) is 4.52. The van der Waals surface area contributed by atoms with Gasteiger partial charge in [-0.05, 0) is 29.8 Å². The number of amides is 1. The molecule has 3 N–H and O–H groups in total. The Morgan fingerprint density at radius 2 is 1.88 bits per heavy atom. The van der Waals surface area contributed by atoms with Crippen molar-refractivity contribution in [3.8, 4) is 11.3 Å². The van der Waals surface area contributed by atoms with Crippen LogP contribution in [0.1, 0.15) is 22.1 Å². The zero-order valence-corrected chi connectivity index (χ0v) is 17.8. The van der Waals surface area contributed by atoms with Crippen LogP contribution in [0, 0.1) is 11.6 Å². The molecule has 0 spiro atoms. The second kappa shape index (κ2) is 8.92. The molecule has 0 bridgehead atoms. The van der Waals surface area contributed by atoms with Gasteiger partial charge in [-0.15, -0.1) is 0 Å². The van der Waals surface area contributed by atoms with Gasteiger partial charge in [0.05, 0.1) is 10.7 Å². The van der Waals surface area contributed by atoms with E-state index in [-0.39, 0.29) is 27.6 Å². The Kier molecular flexibility index (Phi) is 6.15. The number of fused-ring (bicyclic) bond motifs is 1. The standard InChI is InChI=1S/C22H15ClF4N4O3/c23-14-6-3-12(7-15(14)25)16-8-31-9-17(28-19(31)21(34)29-16)20(33)30-18(22(26,27)10-32)11-1-4-13(24)5-2-11/h1-9,18,32H,10H2,(H,29,34)(H,30,33)/t18-/m0/s1. The molecule has 0 aliphatic carbocycles. The zero-order chi connectivity index (χ0) is 24.6. The Labute approximate surface area is 193 Å². The fourth-order valence-electron chi connectivity index (χ4n) is 3.31. The van der Waals surface area contributed by atoms with E-state index in [2.05, 4.69) is 15.3 Å². The molecule has 0 aliphatic heterocycles. The van der Waals surface area contributed by atoms with Crippen molar-refractivity contribution < 1.29 is 27.5 Å². The zero-order valence-electron chi connectivity index (χ0n) is 17.0. The Bertz CT molecular complexity index is 1440. The summed E-state index contributed by atoms with van der Waals surface area (Å²) >= 11 is 5.67. The first kappa shape index (κ1) is 23.5. The summed E-state index contributed by atoms with van der Waals surface area (Å²) in [6.07, 6.45) is 2.50. The van der Waals surface area contributed by atoms with Crippen LogP contribution in [0.25, 0.3) is 16.9 Å². The van der Waals surface area contributed by atoms with Crippen LogP contribution >= 0.6 is 11.6 Å². The number of aromatic nitrogens is 3. The molecule has 1 atom stereocenters. The maximum Gasteiger partial charge on any atom is 0.294 e. The monoisotopic (exact) mass is 494 g/mol. The van der Waals surface area contributed by atoms with Gasteiger partial charge in [0.1, 0.15) is 30.0 Å². The van der Waals surface area contributed by atoms with E-state index in [9.17, 15) is 27.2 Å². The molecule has 2 aromatic heterocycles. The predicted molar refractivity (Wildman–Crippen MR) is 115 cm³/mol. The van der Waals surface area contributed by atoms with Crippen molar-refractivity contribution in [1.29, 1.82) is 0 Å². The topological polar surface area (TPSA) is 99.5 Å². The number of hydrogen-bond donors (Lipinski definition) is 3. The summed E-state index contributed by atoms with van der Waals surface area (Å²) in [6, 6.07) is 5.86. The molecule has 4 aromatic rings. The minimum Gasteiger partial charge on any atom is -0.390 e. The average molecular weight is 495 g/mol. The lowest BCUT2D eigenvalue weighted by Crippen LogP contribution is -2.42. The Morgan fingerprint density at radius 1 is 1.18 bits per heavy atom. The van der Waals surface area contributed by atoms with Crippen molar-refractivity contribution in [2.24, 2.45) is 0 Å². The second-order valence-corrected chi connectivity index (χ2v) is 7.77. The largest absolute Gasteiger partial charge is 0.390 e. The van der Waals surface area contributed by atoms with Gasteiger partial charge in [0.15, 0.2) is 0 Å². The number of carbonyl (C=O) groups is 1. The lowest BCUT2D eigenvalue weighted by molar-refractivity contribution is -0.0785. The summed E-state index contributed by atoms with van der Waals surface area (Å²) in [4.78, 5) is 31.6. The van der Waals surface area contributed by atoms with Crippen molar-refractivity contribution in [2.45, 2.75) is 12.0 Å². The van der Waals surface area contributed by atoms with E-state index in [1.165, 1.54) is 22.7 Å². The number of nitrogens with zero attached hydrogens (tertiary/aromatic N) is 2. The average Bonchev–Trinajstić information content (AvgIpc) is 3.25. The van der Waals surface area contributed by atoms with Gasteiger partial charge in [-0.2, -0.15) is 0 Å². The number of alkyl halides is 2.